The van der Waals surface area contributed by atoms with Gasteiger partial charge in [0.05, 0.1) is 5.69 Å². The van der Waals surface area contributed by atoms with E-state index in [0.717, 1.165) is 11.3 Å². The van der Waals surface area contributed by atoms with Gasteiger partial charge in [0.2, 0.25) is 14.2 Å². The normalized spacial score (nSPS) is 17.9. The van der Waals surface area contributed by atoms with Crippen LogP contribution < -0.4 is 0 Å². The first-order chi connectivity index (χ1) is 8.17. The van der Waals surface area contributed by atoms with E-state index < -0.39 is 14.6 Å². The van der Waals surface area contributed by atoms with Crippen LogP contribution in [0.3, 0.4) is 0 Å². The molecule has 0 radical (unpaired) electrons. The molecule has 2 aromatic rings. The molecule has 1 fully saturated rings. The minimum absolute atomic E-state index is 0.175. The lowest BCUT2D eigenvalue weighted by atomic mass is 10.3. The van der Waals surface area contributed by atoms with E-state index >= 15 is 0 Å². The van der Waals surface area contributed by atoms with Gasteiger partial charge in [0, 0.05) is 17.8 Å². The van der Waals surface area contributed by atoms with Crippen LogP contribution in [0.2, 0.25) is 0 Å². The van der Waals surface area contributed by atoms with E-state index in [0.29, 0.717) is 18.5 Å². The first-order valence-corrected chi connectivity index (χ1v) is 7.44. The molecule has 5 nitrogen and oxygen atoms in total. The lowest BCUT2D eigenvalue weighted by molar-refractivity contribution is 0.577. The molecule has 0 aliphatic heterocycles. The van der Waals surface area contributed by atoms with Crippen molar-refractivity contribution in [1.82, 2.24) is 15.0 Å². The van der Waals surface area contributed by atoms with E-state index in [9.17, 15) is 8.42 Å². The molecule has 7 heteroatoms. The van der Waals surface area contributed by atoms with Crippen molar-refractivity contribution in [3.05, 3.63) is 35.9 Å². The van der Waals surface area contributed by atoms with Gasteiger partial charge in [-0.3, -0.25) is 0 Å². The minimum atomic E-state index is -3.42. The van der Waals surface area contributed by atoms with Crippen molar-refractivity contribution >= 4 is 21.2 Å². The Morgan fingerprint density at radius 2 is 2.06 bits per heavy atom. The number of aromatic nitrogens is 3. The standard InChI is InChI=1S/C10H9N3O2S2/c14-17(15,9-12-5-6-16-9)10(2-3-10)8-1-4-11-7-13-8/h1,4-7H,2-3H2. The summed E-state index contributed by atoms with van der Waals surface area (Å²) in [5.41, 5.74) is 0.572. The summed E-state index contributed by atoms with van der Waals surface area (Å²) in [5, 5.41) is 1.67. The molecule has 0 spiro atoms. The molecule has 0 unspecified atom stereocenters. The SMILES string of the molecule is O=S(=O)(c1nccs1)C1(c2ccncn2)CC1. The van der Waals surface area contributed by atoms with E-state index in [2.05, 4.69) is 15.0 Å². The van der Waals surface area contributed by atoms with Crippen LogP contribution in [0, 0.1) is 0 Å². The topological polar surface area (TPSA) is 72.8 Å². The highest BCUT2D eigenvalue weighted by molar-refractivity contribution is 7.94. The second kappa shape index (κ2) is 3.58. The smallest absolute Gasteiger partial charge is 0.216 e. The van der Waals surface area contributed by atoms with Crippen LogP contribution >= 0.6 is 11.3 Å². The molecule has 0 amide bonds. The number of rotatable bonds is 3. The molecule has 3 rings (SSSR count). The molecular weight excluding hydrogens is 258 g/mol. The van der Waals surface area contributed by atoms with E-state index in [1.165, 1.54) is 12.5 Å². The average Bonchev–Trinajstić information content (AvgIpc) is 2.99. The van der Waals surface area contributed by atoms with Gasteiger partial charge in [-0.1, -0.05) is 0 Å². The predicted molar refractivity (Wildman–Crippen MR) is 62.2 cm³/mol. The van der Waals surface area contributed by atoms with Gasteiger partial charge in [0.25, 0.3) is 0 Å². The Bertz CT molecular complexity index is 619. The average molecular weight is 267 g/mol. The minimum Gasteiger partial charge on any atom is -0.245 e. The van der Waals surface area contributed by atoms with Crippen molar-refractivity contribution < 1.29 is 8.42 Å². The fourth-order valence-corrected chi connectivity index (χ4v) is 4.93. The Morgan fingerprint density at radius 1 is 1.24 bits per heavy atom. The maximum atomic E-state index is 12.5. The third-order valence-corrected chi connectivity index (χ3v) is 6.63. The summed E-state index contributed by atoms with van der Waals surface area (Å²) in [6.45, 7) is 0. The van der Waals surface area contributed by atoms with Gasteiger partial charge in [-0.25, -0.2) is 23.4 Å². The molecule has 0 saturated heterocycles. The summed E-state index contributed by atoms with van der Waals surface area (Å²) < 4.78 is 24.2. The maximum absolute atomic E-state index is 12.5. The third kappa shape index (κ3) is 1.49. The van der Waals surface area contributed by atoms with Gasteiger partial charge in [-0.2, -0.15) is 0 Å². The molecule has 1 saturated carbocycles. The maximum Gasteiger partial charge on any atom is 0.216 e. The molecule has 0 atom stereocenters. The molecule has 0 bridgehead atoms. The Kier molecular flexibility index (Phi) is 2.27. The van der Waals surface area contributed by atoms with E-state index in [1.54, 1.807) is 17.6 Å². The van der Waals surface area contributed by atoms with Crippen LogP contribution in [0.1, 0.15) is 18.5 Å². The molecular formula is C10H9N3O2S2. The summed E-state index contributed by atoms with van der Waals surface area (Å²) in [5.74, 6) is 0. The molecule has 88 valence electrons. The monoisotopic (exact) mass is 267 g/mol. The molecule has 17 heavy (non-hydrogen) atoms. The van der Waals surface area contributed by atoms with Crippen molar-refractivity contribution in [2.75, 3.05) is 0 Å². The zero-order valence-corrected chi connectivity index (χ0v) is 10.4. The largest absolute Gasteiger partial charge is 0.245 e. The quantitative estimate of drug-likeness (QED) is 0.840. The fraction of sp³-hybridized carbons (Fsp3) is 0.300. The second-order valence-electron chi connectivity index (χ2n) is 3.89. The zero-order chi connectivity index (χ0) is 11.9. The van der Waals surface area contributed by atoms with Gasteiger partial charge in [-0.05, 0) is 18.9 Å². The molecule has 1 aliphatic carbocycles. The highest BCUT2D eigenvalue weighted by Gasteiger charge is 2.58. The van der Waals surface area contributed by atoms with E-state index in [-0.39, 0.29) is 4.34 Å². The van der Waals surface area contributed by atoms with E-state index in [1.807, 2.05) is 0 Å². The Morgan fingerprint density at radius 3 is 2.59 bits per heavy atom. The van der Waals surface area contributed by atoms with Crippen LogP contribution in [-0.2, 0) is 14.6 Å². The van der Waals surface area contributed by atoms with Gasteiger partial charge >= 0.3 is 0 Å². The lowest BCUT2D eigenvalue weighted by Crippen LogP contribution is -2.22. The van der Waals surface area contributed by atoms with Crippen LogP contribution in [0.25, 0.3) is 0 Å². The summed E-state index contributed by atoms with van der Waals surface area (Å²) >= 11 is 1.15. The number of hydrogen-bond acceptors (Lipinski definition) is 6. The Hall–Kier alpha value is -1.34. The summed E-state index contributed by atoms with van der Waals surface area (Å²) in [6, 6.07) is 1.66. The summed E-state index contributed by atoms with van der Waals surface area (Å²) in [7, 11) is -3.42. The van der Waals surface area contributed by atoms with Crippen LogP contribution in [0.4, 0.5) is 0 Å². The Labute approximate surface area is 103 Å². The van der Waals surface area contributed by atoms with Crippen LogP contribution in [-0.4, -0.2) is 23.4 Å². The highest BCUT2D eigenvalue weighted by Crippen LogP contribution is 2.54. The van der Waals surface area contributed by atoms with Gasteiger partial charge in [0.15, 0.2) is 0 Å². The van der Waals surface area contributed by atoms with Crippen molar-refractivity contribution in [2.45, 2.75) is 21.9 Å². The van der Waals surface area contributed by atoms with Crippen molar-refractivity contribution in [1.29, 1.82) is 0 Å². The summed E-state index contributed by atoms with van der Waals surface area (Å²) in [6.07, 6.45) is 5.66. The van der Waals surface area contributed by atoms with Crippen molar-refractivity contribution in [2.24, 2.45) is 0 Å². The summed E-state index contributed by atoms with van der Waals surface area (Å²) in [4.78, 5) is 11.8. The van der Waals surface area contributed by atoms with Gasteiger partial charge in [0.1, 0.15) is 11.1 Å². The highest BCUT2D eigenvalue weighted by atomic mass is 32.2. The van der Waals surface area contributed by atoms with Crippen LogP contribution in [0.5, 0.6) is 0 Å². The van der Waals surface area contributed by atoms with Gasteiger partial charge < -0.3 is 0 Å². The zero-order valence-electron chi connectivity index (χ0n) is 8.78. The second-order valence-corrected chi connectivity index (χ2v) is 7.22. The first-order valence-electron chi connectivity index (χ1n) is 5.07. The molecule has 2 heterocycles. The fourth-order valence-electron chi connectivity index (χ4n) is 1.85. The third-order valence-electron chi connectivity index (χ3n) is 2.91. The van der Waals surface area contributed by atoms with E-state index in [4.69, 9.17) is 0 Å². The van der Waals surface area contributed by atoms with Gasteiger partial charge in [-0.15, -0.1) is 11.3 Å². The molecule has 0 N–H and O–H groups in total. The Balaban J connectivity index is 2.12. The first kappa shape index (κ1) is 10.8. The predicted octanol–water partition coefficient (Wildman–Crippen LogP) is 1.40. The number of nitrogens with zero attached hydrogens (tertiary/aromatic N) is 3. The number of hydrogen-bond donors (Lipinski definition) is 0. The molecule has 0 aromatic carbocycles. The lowest BCUT2D eigenvalue weighted by Gasteiger charge is -2.12. The van der Waals surface area contributed by atoms with Crippen LogP contribution in [0.15, 0.2) is 34.5 Å². The van der Waals surface area contributed by atoms with Crippen molar-refractivity contribution in [3.8, 4) is 0 Å². The molecule has 1 aliphatic rings. The molecule has 2 aromatic heterocycles. The number of sulfone groups is 1. The van der Waals surface area contributed by atoms with Crippen molar-refractivity contribution in [3.63, 3.8) is 0 Å². The number of thiazole rings is 1.